The minimum absolute atomic E-state index is 0.0544. The highest BCUT2D eigenvalue weighted by Crippen LogP contribution is 2.28. The molecule has 8 heteroatoms. The molecule has 6 nitrogen and oxygen atoms in total. The molecule has 2 saturated heterocycles. The van der Waals surface area contributed by atoms with E-state index in [-0.39, 0.29) is 30.5 Å². The molecule has 0 N–H and O–H groups in total. The molecule has 1 aromatic heterocycles. The number of rotatable bonds is 4. The predicted molar refractivity (Wildman–Crippen MR) is 120 cm³/mol. The number of pyridine rings is 1. The Kier molecular flexibility index (Phi) is 5.76. The average Bonchev–Trinajstić information content (AvgIpc) is 3.20. The third kappa shape index (κ3) is 4.43. The first-order chi connectivity index (χ1) is 16.0. The van der Waals surface area contributed by atoms with Gasteiger partial charge in [0.25, 0.3) is 0 Å². The lowest BCUT2D eigenvalue weighted by molar-refractivity contribution is -0.137. The van der Waals surface area contributed by atoms with Gasteiger partial charge >= 0.3 is 0 Å². The number of hydrogen-bond donors (Lipinski definition) is 0. The number of para-hydroxylation sites is 1. The number of carbonyl (C=O) groups excluding carboxylic acids is 2. The van der Waals surface area contributed by atoms with Gasteiger partial charge in [-0.2, -0.15) is 0 Å². The molecule has 170 valence electrons. The fourth-order valence-electron chi connectivity index (χ4n) is 4.74. The molecule has 5 rings (SSSR count). The Hall–Kier alpha value is -3.39. The van der Waals surface area contributed by atoms with Crippen LogP contribution in [-0.2, 0) is 16.1 Å². The van der Waals surface area contributed by atoms with Gasteiger partial charge in [0.2, 0.25) is 11.8 Å². The van der Waals surface area contributed by atoms with Crippen molar-refractivity contribution in [3.8, 4) is 0 Å². The van der Waals surface area contributed by atoms with E-state index < -0.39 is 17.6 Å². The van der Waals surface area contributed by atoms with E-state index in [0.29, 0.717) is 13.1 Å². The van der Waals surface area contributed by atoms with Crippen LogP contribution in [0.3, 0.4) is 0 Å². The van der Waals surface area contributed by atoms with E-state index >= 15 is 0 Å². The van der Waals surface area contributed by atoms with Crippen molar-refractivity contribution >= 4 is 28.4 Å². The third-order valence-electron chi connectivity index (χ3n) is 6.43. The Morgan fingerprint density at radius 3 is 2.48 bits per heavy atom. The van der Waals surface area contributed by atoms with Crippen molar-refractivity contribution < 1.29 is 18.4 Å². The summed E-state index contributed by atoms with van der Waals surface area (Å²) in [6.07, 6.45) is 1.85. The van der Waals surface area contributed by atoms with E-state index in [9.17, 15) is 18.4 Å². The number of piperazine rings is 1. The van der Waals surface area contributed by atoms with Gasteiger partial charge in [-0.1, -0.05) is 24.3 Å². The first-order valence-corrected chi connectivity index (χ1v) is 11.1. The molecule has 2 amide bonds. The Balaban J connectivity index is 1.20. The lowest BCUT2D eigenvalue weighted by Crippen LogP contribution is -2.50. The maximum atomic E-state index is 13.6. The van der Waals surface area contributed by atoms with Gasteiger partial charge in [0.15, 0.2) is 0 Å². The summed E-state index contributed by atoms with van der Waals surface area (Å²) in [6.45, 7) is 3.52. The molecular weight excluding hydrogens is 426 g/mol. The molecule has 2 aliphatic rings. The summed E-state index contributed by atoms with van der Waals surface area (Å²) in [5.41, 5.74) is 2.31. The zero-order valence-corrected chi connectivity index (χ0v) is 18.1. The van der Waals surface area contributed by atoms with E-state index in [2.05, 4.69) is 16.0 Å². The molecule has 2 aromatic carbocycles. The van der Waals surface area contributed by atoms with Crippen LogP contribution in [-0.4, -0.2) is 59.3 Å². The molecule has 2 fully saturated rings. The van der Waals surface area contributed by atoms with Gasteiger partial charge in [-0.05, 0) is 23.8 Å². The summed E-state index contributed by atoms with van der Waals surface area (Å²) in [4.78, 5) is 35.4. The first-order valence-electron chi connectivity index (χ1n) is 11.1. The minimum Gasteiger partial charge on any atom is -0.340 e. The smallest absolute Gasteiger partial charge is 0.228 e. The van der Waals surface area contributed by atoms with Crippen molar-refractivity contribution in [3.05, 3.63) is 71.9 Å². The molecule has 3 heterocycles. The number of amides is 2. The number of benzene rings is 2. The molecule has 0 aliphatic carbocycles. The maximum Gasteiger partial charge on any atom is 0.228 e. The second-order valence-electron chi connectivity index (χ2n) is 8.63. The summed E-state index contributed by atoms with van der Waals surface area (Å²) >= 11 is 0. The second-order valence-corrected chi connectivity index (χ2v) is 8.63. The largest absolute Gasteiger partial charge is 0.340 e. The Morgan fingerprint density at radius 1 is 1.00 bits per heavy atom. The van der Waals surface area contributed by atoms with E-state index in [0.717, 1.165) is 54.3 Å². The molecule has 0 bridgehead atoms. The number of anilines is 1. The second kappa shape index (κ2) is 8.86. The van der Waals surface area contributed by atoms with E-state index in [1.54, 1.807) is 11.1 Å². The summed E-state index contributed by atoms with van der Waals surface area (Å²) in [6, 6.07) is 13.1. The van der Waals surface area contributed by atoms with Gasteiger partial charge in [-0.25, -0.2) is 8.78 Å². The monoisotopic (exact) mass is 450 g/mol. The van der Waals surface area contributed by atoms with Crippen molar-refractivity contribution in [1.82, 2.24) is 14.8 Å². The summed E-state index contributed by atoms with van der Waals surface area (Å²) in [7, 11) is 0. The number of hydrogen-bond acceptors (Lipinski definition) is 4. The van der Waals surface area contributed by atoms with Gasteiger partial charge in [-0.3, -0.25) is 19.5 Å². The standard InChI is InChI=1S/C25H24F2N4O2/c26-20-12-21(27)14-22(13-20)31-16-19(11-23(31)32)25(33)30-9-7-29(8-10-30)15-18-4-1-3-17-5-2-6-28-24(17)18/h1-6,12-14,19H,7-11,15-16H2. The van der Waals surface area contributed by atoms with Gasteiger partial charge in [-0.15, -0.1) is 0 Å². The fourth-order valence-corrected chi connectivity index (χ4v) is 4.74. The molecule has 2 aliphatic heterocycles. The van der Waals surface area contributed by atoms with Crippen LogP contribution in [0.4, 0.5) is 14.5 Å². The lowest BCUT2D eigenvalue weighted by atomic mass is 10.1. The summed E-state index contributed by atoms with van der Waals surface area (Å²) in [5, 5.41) is 1.11. The van der Waals surface area contributed by atoms with Crippen molar-refractivity contribution in [2.24, 2.45) is 5.92 Å². The number of fused-ring (bicyclic) bond motifs is 1. The van der Waals surface area contributed by atoms with Crippen LogP contribution in [0.5, 0.6) is 0 Å². The molecule has 1 unspecified atom stereocenters. The Labute approximate surface area is 190 Å². The lowest BCUT2D eigenvalue weighted by Gasteiger charge is -2.36. The molecular formula is C25H24F2N4O2. The number of nitrogens with zero attached hydrogens (tertiary/aromatic N) is 4. The highest BCUT2D eigenvalue weighted by atomic mass is 19.1. The molecule has 33 heavy (non-hydrogen) atoms. The quantitative estimate of drug-likeness (QED) is 0.613. The SMILES string of the molecule is O=C(C1CC(=O)N(c2cc(F)cc(F)c2)C1)N1CCN(Cc2cccc3cccnc23)CC1. The third-order valence-corrected chi connectivity index (χ3v) is 6.43. The van der Waals surface area contributed by atoms with Gasteiger partial charge in [0.05, 0.1) is 11.4 Å². The molecule has 0 spiro atoms. The van der Waals surface area contributed by atoms with E-state index in [4.69, 9.17) is 0 Å². The Morgan fingerprint density at radius 2 is 1.73 bits per heavy atom. The van der Waals surface area contributed by atoms with Crippen LogP contribution >= 0.6 is 0 Å². The predicted octanol–water partition coefficient (Wildman–Crippen LogP) is 3.21. The van der Waals surface area contributed by atoms with Crippen LogP contribution in [0.15, 0.2) is 54.7 Å². The maximum absolute atomic E-state index is 13.6. The van der Waals surface area contributed by atoms with Crippen molar-refractivity contribution in [1.29, 1.82) is 0 Å². The zero-order chi connectivity index (χ0) is 22.9. The van der Waals surface area contributed by atoms with Gasteiger partial charge < -0.3 is 9.80 Å². The van der Waals surface area contributed by atoms with Crippen molar-refractivity contribution in [2.45, 2.75) is 13.0 Å². The topological polar surface area (TPSA) is 56.8 Å². The molecule has 3 aromatic rings. The van der Waals surface area contributed by atoms with Crippen LogP contribution in [0, 0.1) is 17.6 Å². The number of carbonyl (C=O) groups is 2. The van der Waals surface area contributed by atoms with Crippen LogP contribution in [0.1, 0.15) is 12.0 Å². The van der Waals surface area contributed by atoms with Gasteiger partial charge in [0.1, 0.15) is 11.6 Å². The number of halogens is 2. The molecule has 1 atom stereocenters. The minimum atomic E-state index is -0.745. The molecule has 0 radical (unpaired) electrons. The normalized spacial score (nSPS) is 19.5. The van der Waals surface area contributed by atoms with E-state index in [1.165, 1.54) is 4.90 Å². The fraction of sp³-hybridized carbons (Fsp3) is 0.320. The van der Waals surface area contributed by atoms with Gasteiger partial charge in [0, 0.05) is 69.0 Å². The first kappa shape index (κ1) is 21.5. The van der Waals surface area contributed by atoms with Crippen LogP contribution in [0.25, 0.3) is 10.9 Å². The highest BCUT2D eigenvalue weighted by Gasteiger charge is 2.38. The van der Waals surface area contributed by atoms with Crippen LogP contribution < -0.4 is 4.90 Å². The average molecular weight is 450 g/mol. The van der Waals surface area contributed by atoms with Crippen LogP contribution in [0.2, 0.25) is 0 Å². The van der Waals surface area contributed by atoms with E-state index in [1.807, 2.05) is 24.3 Å². The van der Waals surface area contributed by atoms with Crippen molar-refractivity contribution in [3.63, 3.8) is 0 Å². The van der Waals surface area contributed by atoms with Crippen molar-refractivity contribution in [2.75, 3.05) is 37.6 Å². The highest BCUT2D eigenvalue weighted by molar-refractivity contribution is 6.00. The zero-order valence-electron chi connectivity index (χ0n) is 18.1. The molecule has 0 saturated carbocycles. The Bertz CT molecular complexity index is 1180. The summed E-state index contributed by atoms with van der Waals surface area (Å²) in [5.74, 6) is -2.36. The number of aromatic nitrogens is 1. The summed E-state index contributed by atoms with van der Waals surface area (Å²) < 4.78 is 27.1.